The van der Waals surface area contributed by atoms with Gasteiger partial charge in [0.2, 0.25) is 0 Å². The highest BCUT2D eigenvalue weighted by Gasteiger charge is 2.28. The maximum absolute atomic E-state index is 13.8. The van der Waals surface area contributed by atoms with E-state index in [1.54, 1.807) is 31.9 Å². The second kappa shape index (κ2) is 8.14. The van der Waals surface area contributed by atoms with Crippen molar-refractivity contribution in [1.82, 2.24) is 19.6 Å². The van der Waals surface area contributed by atoms with E-state index in [4.69, 9.17) is 15.3 Å². The van der Waals surface area contributed by atoms with Gasteiger partial charge in [-0.15, -0.1) is 5.06 Å². The number of halogens is 1. The summed E-state index contributed by atoms with van der Waals surface area (Å²) in [5, 5.41) is 2.33. The van der Waals surface area contributed by atoms with Crippen LogP contribution in [0.2, 0.25) is 0 Å². The molecule has 9 heteroatoms. The molecule has 0 amide bonds. The second-order valence-electron chi connectivity index (χ2n) is 8.63. The lowest BCUT2D eigenvalue weighted by Gasteiger charge is -2.31. The first kappa shape index (κ1) is 21.0. The lowest BCUT2D eigenvalue weighted by Crippen LogP contribution is -2.38. The second-order valence-corrected chi connectivity index (χ2v) is 8.63. The van der Waals surface area contributed by atoms with Gasteiger partial charge in [0.25, 0.3) is 0 Å². The van der Waals surface area contributed by atoms with Crippen molar-refractivity contribution < 1.29 is 18.8 Å². The molecule has 0 unspecified atom stereocenters. The summed E-state index contributed by atoms with van der Waals surface area (Å²) < 4.78 is 21.1. The summed E-state index contributed by atoms with van der Waals surface area (Å²) in [5.74, 6) is 0.0372. The van der Waals surface area contributed by atoms with Gasteiger partial charge in [-0.2, -0.15) is 0 Å². The fraction of sp³-hybridized carbons (Fsp3) is 0.409. The predicted molar refractivity (Wildman–Crippen MR) is 114 cm³/mol. The van der Waals surface area contributed by atoms with Crippen LogP contribution in [0.5, 0.6) is 0 Å². The number of carbonyl (C=O) groups excluding carboxylic acids is 1. The predicted octanol–water partition coefficient (Wildman–Crippen LogP) is 4.32. The molecule has 1 aromatic carbocycles. The molecule has 0 saturated carbocycles. The molecular weight excluding hydrogens is 401 g/mol. The number of hydroxylamine groups is 2. The van der Waals surface area contributed by atoms with Gasteiger partial charge in [-0.1, -0.05) is 12.1 Å². The topological polar surface area (TPSA) is 95.5 Å². The summed E-state index contributed by atoms with van der Waals surface area (Å²) in [7, 11) is 0. The van der Waals surface area contributed by atoms with E-state index >= 15 is 0 Å². The number of nitrogens with two attached hydrogens (primary N) is 1. The van der Waals surface area contributed by atoms with Crippen molar-refractivity contribution in [3.8, 4) is 11.1 Å². The first-order valence-electron chi connectivity index (χ1n) is 10.2. The molecule has 0 radical (unpaired) electrons. The Morgan fingerprint density at radius 1 is 1.23 bits per heavy atom. The maximum atomic E-state index is 13.8. The minimum Gasteiger partial charge on any atom is -0.427 e. The Bertz CT molecular complexity index is 1100. The number of nitrogens with zero attached hydrogens (tertiary/aromatic N) is 4. The number of hydrogen-bond donors (Lipinski definition) is 1. The van der Waals surface area contributed by atoms with Crippen LogP contribution >= 0.6 is 0 Å². The van der Waals surface area contributed by atoms with Crippen LogP contribution in [0.1, 0.15) is 39.7 Å². The van der Waals surface area contributed by atoms with Gasteiger partial charge < -0.3 is 19.9 Å². The third kappa shape index (κ3) is 4.61. The number of anilines is 1. The van der Waals surface area contributed by atoms with Crippen molar-refractivity contribution in [1.29, 1.82) is 0 Å². The average molecular weight is 427 g/mol. The van der Waals surface area contributed by atoms with Crippen LogP contribution in [-0.4, -0.2) is 44.4 Å². The fourth-order valence-electron chi connectivity index (χ4n) is 3.85. The van der Waals surface area contributed by atoms with Crippen molar-refractivity contribution in [2.24, 2.45) is 0 Å². The smallest absolute Gasteiger partial charge is 0.427 e. The molecule has 2 aromatic heterocycles. The zero-order chi connectivity index (χ0) is 22.2. The summed E-state index contributed by atoms with van der Waals surface area (Å²) in [6, 6.07) is 6.51. The largest absolute Gasteiger partial charge is 0.528 e. The number of piperidine rings is 1. The van der Waals surface area contributed by atoms with Gasteiger partial charge in [-0.05, 0) is 51.3 Å². The van der Waals surface area contributed by atoms with Crippen molar-refractivity contribution in [2.75, 3.05) is 18.8 Å². The maximum Gasteiger partial charge on any atom is 0.528 e. The molecule has 0 aliphatic carbocycles. The molecule has 3 heterocycles. The Labute approximate surface area is 179 Å². The van der Waals surface area contributed by atoms with E-state index in [1.165, 1.54) is 18.5 Å². The molecule has 1 saturated heterocycles. The fourth-order valence-corrected chi connectivity index (χ4v) is 3.85. The minimum absolute atomic E-state index is 0.123. The molecule has 1 aliphatic rings. The Morgan fingerprint density at radius 2 is 1.97 bits per heavy atom. The number of nitrogen functional groups attached to an aromatic ring is 1. The first-order valence-corrected chi connectivity index (χ1v) is 10.2. The number of benzene rings is 1. The molecule has 0 atom stereocenters. The van der Waals surface area contributed by atoms with E-state index in [9.17, 15) is 9.18 Å². The highest BCUT2D eigenvalue weighted by atomic mass is 19.1. The van der Waals surface area contributed by atoms with Crippen LogP contribution < -0.4 is 5.73 Å². The molecule has 4 rings (SSSR count). The monoisotopic (exact) mass is 427 g/mol. The van der Waals surface area contributed by atoms with Crippen molar-refractivity contribution in [3.05, 3.63) is 42.6 Å². The third-order valence-corrected chi connectivity index (χ3v) is 5.18. The van der Waals surface area contributed by atoms with E-state index < -0.39 is 11.8 Å². The van der Waals surface area contributed by atoms with Gasteiger partial charge >= 0.3 is 6.16 Å². The molecule has 1 fully saturated rings. The highest BCUT2D eigenvalue weighted by Crippen LogP contribution is 2.36. The Balaban J connectivity index is 1.56. The molecule has 31 heavy (non-hydrogen) atoms. The zero-order valence-electron chi connectivity index (χ0n) is 17.8. The normalized spacial score (nSPS) is 15.9. The van der Waals surface area contributed by atoms with Gasteiger partial charge in [0.05, 0.1) is 5.39 Å². The third-order valence-electron chi connectivity index (χ3n) is 5.18. The summed E-state index contributed by atoms with van der Waals surface area (Å²) >= 11 is 0. The molecule has 0 bridgehead atoms. The summed E-state index contributed by atoms with van der Waals surface area (Å²) in [6.45, 7) is 6.49. The number of rotatable bonds is 3. The standard InChI is InChI=1S/C22H26FN5O3/c1-22(2,3)30-21(29)31-27-9-7-16(8-10-27)28-12-17(14-5-4-6-15(23)11-14)18-19(24)25-13-26-20(18)28/h4-6,11-13,16H,7-10H2,1-3H3,(H2,24,25,26). The number of carbonyl (C=O) groups is 1. The number of aromatic nitrogens is 3. The van der Waals surface area contributed by atoms with Crippen LogP contribution in [0.25, 0.3) is 22.2 Å². The SMILES string of the molecule is CC(C)(C)OC(=O)ON1CCC(n2cc(-c3cccc(F)c3)c3c(N)ncnc32)CC1. The molecular formula is C22H26FN5O3. The van der Waals surface area contributed by atoms with Gasteiger partial charge in [0, 0.05) is 30.9 Å². The van der Waals surface area contributed by atoms with E-state index in [0.29, 0.717) is 29.9 Å². The number of fused-ring (bicyclic) bond motifs is 1. The molecule has 3 aromatic rings. The molecule has 2 N–H and O–H groups in total. The van der Waals surface area contributed by atoms with Crippen molar-refractivity contribution in [2.45, 2.75) is 45.3 Å². The summed E-state index contributed by atoms with van der Waals surface area (Å²) in [5.41, 5.74) is 7.78. The first-order chi connectivity index (χ1) is 14.7. The van der Waals surface area contributed by atoms with Crippen LogP contribution in [0.15, 0.2) is 36.8 Å². The molecule has 164 valence electrons. The van der Waals surface area contributed by atoms with Crippen molar-refractivity contribution in [3.63, 3.8) is 0 Å². The Morgan fingerprint density at radius 3 is 2.65 bits per heavy atom. The molecule has 1 aliphatic heterocycles. The van der Waals surface area contributed by atoms with E-state index in [0.717, 1.165) is 24.0 Å². The van der Waals surface area contributed by atoms with Crippen LogP contribution in [0, 0.1) is 5.82 Å². The lowest BCUT2D eigenvalue weighted by molar-refractivity contribution is -0.154. The van der Waals surface area contributed by atoms with Crippen molar-refractivity contribution >= 4 is 23.0 Å². The van der Waals surface area contributed by atoms with Gasteiger partial charge in [-0.25, -0.2) is 19.2 Å². The van der Waals surface area contributed by atoms with Crippen LogP contribution in [0.4, 0.5) is 15.0 Å². The lowest BCUT2D eigenvalue weighted by atomic mass is 10.1. The number of hydrogen-bond acceptors (Lipinski definition) is 7. The summed E-state index contributed by atoms with van der Waals surface area (Å²) in [6.07, 6.45) is 4.16. The molecule has 8 nitrogen and oxygen atoms in total. The number of ether oxygens (including phenoxy) is 1. The Kier molecular flexibility index (Phi) is 5.53. The van der Waals surface area contributed by atoms with Crippen LogP contribution in [0.3, 0.4) is 0 Å². The van der Waals surface area contributed by atoms with Crippen LogP contribution in [-0.2, 0) is 9.57 Å². The van der Waals surface area contributed by atoms with Gasteiger partial charge in [0.1, 0.15) is 29.2 Å². The van der Waals surface area contributed by atoms with E-state index in [-0.39, 0.29) is 11.9 Å². The highest BCUT2D eigenvalue weighted by molar-refractivity contribution is 6.00. The van der Waals surface area contributed by atoms with E-state index in [2.05, 4.69) is 14.5 Å². The quantitative estimate of drug-likeness (QED) is 0.622. The molecule has 0 spiro atoms. The van der Waals surface area contributed by atoms with Gasteiger partial charge in [0.15, 0.2) is 0 Å². The zero-order valence-corrected chi connectivity index (χ0v) is 17.8. The Hall–Kier alpha value is -3.20. The van der Waals surface area contributed by atoms with Gasteiger partial charge in [-0.3, -0.25) is 0 Å². The summed E-state index contributed by atoms with van der Waals surface area (Å²) in [4.78, 5) is 25.8. The van der Waals surface area contributed by atoms with E-state index in [1.807, 2.05) is 12.3 Å². The average Bonchev–Trinajstić information content (AvgIpc) is 3.08. The minimum atomic E-state index is -0.703.